The van der Waals surface area contributed by atoms with E-state index in [0.29, 0.717) is 13.1 Å². The minimum Gasteiger partial charge on any atom is -0.383 e. The molecule has 9 nitrogen and oxygen atoms in total. The number of nitrogens with zero attached hydrogens (tertiary/aromatic N) is 3. The zero-order valence-corrected chi connectivity index (χ0v) is 19.6. The first kappa shape index (κ1) is 24.6. The molecule has 0 unspecified atom stereocenters. The van der Waals surface area contributed by atoms with Crippen LogP contribution in [-0.2, 0) is 22.6 Å². The van der Waals surface area contributed by atoms with Gasteiger partial charge in [-0.15, -0.1) is 0 Å². The number of benzene rings is 1. The van der Waals surface area contributed by atoms with E-state index in [1.54, 1.807) is 4.90 Å². The van der Waals surface area contributed by atoms with Crippen molar-refractivity contribution in [3.05, 3.63) is 56.7 Å². The van der Waals surface area contributed by atoms with Gasteiger partial charge in [-0.1, -0.05) is 49.6 Å². The van der Waals surface area contributed by atoms with Gasteiger partial charge in [-0.3, -0.25) is 19.1 Å². The number of nitrogen functional groups attached to an aromatic ring is 1. The third-order valence-electron chi connectivity index (χ3n) is 6.27. The molecule has 0 radical (unpaired) electrons. The highest BCUT2D eigenvalue weighted by molar-refractivity contribution is 5.83. The molecule has 0 spiro atoms. The van der Waals surface area contributed by atoms with E-state index in [0.717, 1.165) is 31.2 Å². The maximum absolute atomic E-state index is 13.4. The number of likely N-dealkylation sites (N-methyl/N-ethyl adjacent to an activating group) is 1. The number of hydrogen-bond donors (Lipinski definition) is 2. The second-order valence-corrected chi connectivity index (χ2v) is 8.45. The molecule has 0 aliphatic heterocycles. The molecule has 180 valence electrons. The summed E-state index contributed by atoms with van der Waals surface area (Å²) < 4.78 is 6.36. The Hall–Kier alpha value is -3.07. The number of H-pyrrole nitrogens is 1. The molecule has 33 heavy (non-hydrogen) atoms. The molecule has 1 amide bonds. The van der Waals surface area contributed by atoms with E-state index in [1.165, 1.54) is 18.1 Å². The Labute approximate surface area is 194 Å². The van der Waals surface area contributed by atoms with Crippen LogP contribution in [0.4, 0.5) is 11.5 Å². The van der Waals surface area contributed by atoms with Crippen molar-refractivity contribution in [2.24, 2.45) is 0 Å². The molecule has 2 aromatic rings. The molecule has 3 N–H and O–H groups in total. The van der Waals surface area contributed by atoms with E-state index >= 15 is 0 Å². The average Bonchev–Trinajstić information content (AvgIpc) is 2.80. The van der Waals surface area contributed by atoms with E-state index in [4.69, 9.17) is 10.5 Å². The van der Waals surface area contributed by atoms with Crippen molar-refractivity contribution < 1.29 is 9.53 Å². The smallest absolute Gasteiger partial charge is 0.330 e. The third kappa shape index (κ3) is 6.04. The maximum Gasteiger partial charge on any atom is 0.330 e. The minimum atomic E-state index is -0.601. The monoisotopic (exact) mass is 457 g/mol. The molecule has 1 saturated carbocycles. The Kier molecular flexibility index (Phi) is 8.71. The number of rotatable bonds is 10. The standard InChI is InChI=1S/C24H35N5O4/c1-3-28(19-12-8-5-9-13-19)20(30)17-27(16-18-10-6-4-7-11-18)21-22(25)29(14-15-33-2)24(32)26-23(21)31/h4,6-7,10-11,19H,3,5,8-9,12-17,25H2,1-2H3,(H,26,31,32). The van der Waals surface area contributed by atoms with E-state index in [9.17, 15) is 14.4 Å². The van der Waals surface area contributed by atoms with Crippen LogP contribution in [0.1, 0.15) is 44.6 Å². The molecular weight excluding hydrogens is 422 g/mol. The lowest BCUT2D eigenvalue weighted by molar-refractivity contribution is -0.132. The first-order valence-electron chi connectivity index (χ1n) is 11.7. The molecule has 1 aliphatic rings. The van der Waals surface area contributed by atoms with E-state index in [1.807, 2.05) is 42.2 Å². The van der Waals surface area contributed by atoms with E-state index in [-0.39, 0.29) is 43.2 Å². The SMILES string of the molecule is CCN(C(=O)CN(Cc1ccccc1)c1c(N)n(CCOC)c(=O)[nH]c1=O)C1CCCCC1. The molecule has 3 rings (SSSR count). The van der Waals surface area contributed by atoms with Crippen LogP contribution < -0.4 is 21.9 Å². The summed E-state index contributed by atoms with van der Waals surface area (Å²) in [6, 6.07) is 9.81. The lowest BCUT2D eigenvalue weighted by atomic mass is 9.94. The summed E-state index contributed by atoms with van der Waals surface area (Å²) >= 11 is 0. The summed E-state index contributed by atoms with van der Waals surface area (Å²) in [6.45, 7) is 3.36. The van der Waals surface area contributed by atoms with Gasteiger partial charge in [0.2, 0.25) is 5.91 Å². The molecular formula is C24H35N5O4. The van der Waals surface area contributed by atoms with Crippen LogP contribution in [0.25, 0.3) is 0 Å². The van der Waals surface area contributed by atoms with Crippen LogP contribution in [0, 0.1) is 0 Å². The van der Waals surface area contributed by atoms with Crippen molar-refractivity contribution in [2.45, 2.75) is 58.2 Å². The number of carbonyl (C=O) groups is 1. The highest BCUT2D eigenvalue weighted by Gasteiger charge is 2.28. The van der Waals surface area contributed by atoms with Crippen LogP contribution in [0.15, 0.2) is 39.9 Å². The first-order valence-corrected chi connectivity index (χ1v) is 11.7. The van der Waals surface area contributed by atoms with Gasteiger partial charge in [0.05, 0.1) is 19.7 Å². The predicted octanol–water partition coefficient (Wildman–Crippen LogP) is 1.95. The number of nitrogens with one attached hydrogen (secondary N) is 1. The molecule has 1 aromatic heterocycles. The van der Waals surface area contributed by atoms with Gasteiger partial charge in [-0.25, -0.2) is 4.79 Å². The highest BCUT2D eigenvalue weighted by Crippen LogP contribution is 2.24. The van der Waals surface area contributed by atoms with E-state index in [2.05, 4.69) is 4.98 Å². The summed E-state index contributed by atoms with van der Waals surface area (Å²) in [7, 11) is 1.53. The average molecular weight is 458 g/mol. The molecule has 1 fully saturated rings. The fraction of sp³-hybridized carbons (Fsp3) is 0.542. The molecule has 0 bridgehead atoms. The fourth-order valence-electron chi connectivity index (χ4n) is 4.59. The topological polar surface area (TPSA) is 114 Å². The Morgan fingerprint density at radius 2 is 1.88 bits per heavy atom. The Balaban J connectivity index is 1.97. The first-order chi connectivity index (χ1) is 16.0. The second-order valence-electron chi connectivity index (χ2n) is 8.45. The summed E-state index contributed by atoms with van der Waals surface area (Å²) in [4.78, 5) is 44.6. The normalized spacial score (nSPS) is 14.2. The molecule has 1 aliphatic carbocycles. The van der Waals surface area contributed by atoms with Crippen LogP contribution in [0.2, 0.25) is 0 Å². The van der Waals surface area contributed by atoms with Crippen molar-refractivity contribution in [2.75, 3.05) is 37.4 Å². The van der Waals surface area contributed by atoms with Crippen LogP contribution in [0.3, 0.4) is 0 Å². The summed E-state index contributed by atoms with van der Waals surface area (Å²) in [5, 5.41) is 0. The van der Waals surface area contributed by atoms with Crippen LogP contribution in [-0.4, -0.2) is 53.2 Å². The van der Waals surface area contributed by atoms with Gasteiger partial charge in [-0.05, 0) is 25.3 Å². The number of aromatic nitrogens is 2. The number of ether oxygens (including phenoxy) is 1. The Morgan fingerprint density at radius 1 is 1.18 bits per heavy atom. The van der Waals surface area contributed by atoms with Gasteiger partial charge in [0, 0.05) is 26.2 Å². The van der Waals surface area contributed by atoms with Crippen LogP contribution in [0.5, 0.6) is 0 Å². The number of hydrogen-bond acceptors (Lipinski definition) is 6. The largest absolute Gasteiger partial charge is 0.383 e. The van der Waals surface area contributed by atoms with Crippen molar-refractivity contribution >= 4 is 17.4 Å². The van der Waals surface area contributed by atoms with Gasteiger partial charge in [0.25, 0.3) is 5.56 Å². The second kappa shape index (κ2) is 11.7. The zero-order valence-electron chi connectivity index (χ0n) is 19.6. The number of anilines is 2. The molecule has 0 atom stereocenters. The lowest BCUT2D eigenvalue weighted by Crippen LogP contribution is -2.48. The van der Waals surface area contributed by atoms with Crippen molar-refractivity contribution in [3.63, 3.8) is 0 Å². The summed E-state index contributed by atoms with van der Waals surface area (Å²) in [5.41, 5.74) is 6.19. The summed E-state index contributed by atoms with van der Waals surface area (Å²) in [5.74, 6) is -0.0148. The van der Waals surface area contributed by atoms with Crippen LogP contribution >= 0.6 is 0 Å². The van der Waals surface area contributed by atoms with Gasteiger partial charge >= 0.3 is 5.69 Å². The molecule has 9 heteroatoms. The van der Waals surface area contributed by atoms with Gasteiger partial charge in [-0.2, -0.15) is 0 Å². The molecule has 0 saturated heterocycles. The summed E-state index contributed by atoms with van der Waals surface area (Å²) in [6.07, 6.45) is 5.46. The third-order valence-corrected chi connectivity index (χ3v) is 6.27. The number of carbonyl (C=O) groups excluding carboxylic acids is 1. The number of methoxy groups -OCH3 is 1. The predicted molar refractivity (Wildman–Crippen MR) is 129 cm³/mol. The Morgan fingerprint density at radius 3 is 2.52 bits per heavy atom. The van der Waals surface area contributed by atoms with Crippen molar-refractivity contribution in [3.8, 4) is 0 Å². The Bertz CT molecular complexity index is 1030. The minimum absolute atomic E-state index is 0.00496. The zero-order chi connectivity index (χ0) is 23.8. The number of nitrogens with two attached hydrogens (primary N) is 1. The van der Waals surface area contributed by atoms with Gasteiger partial charge in [0.1, 0.15) is 11.5 Å². The van der Waals surface area contributed by atoms with Gasteiger partial charge < -0.3 is 20.3 Å². The number of amides is 1. The molecule has 1 aromatic carbocycles. The quantitative estimate of drug-likeness (QED) is 0.564. The lowest BCUT2D eigenvalue weighted by Gasteiger charge is -2.35. The number of aromatic amines is 1. The van der Waals surface area contributed by atoms with E-state index < -0.39 is 11.2 Å². The van der Waals surface area contributed by atoms with Gasteiger partial charge in [0.15, 0.2) is 0 Å². The fourth-order valence-corrected chi connectivity index (χ4v) is 4.59. The van der Waals surface area contributed by atoms with Crippen molar-refractivity contribution in [1.29, 1.82) is 0 Å². The van der Waals surface area contributed by atoms with Crippen molar-refractivity contribution in [1.82, 2.24) is 14.5 Å². The molecule has 1 heterocycles. The highest BCUT2D eigenvalue weighted by atomic mass is 16.5. The maximum atomic E-state index is 13.4.